The van der Waals surface area contributed by atoms with E-state index in [1.165, 1.54) is 39.9 Å². The Bertz CT molecular complexity index is 1260. The topological polar surface area (TPSA) is 81.0 Å². The van der Waals surface area contributed by atoms with Gasteiger partial charge in [0.05, 0.1) is 21.7 Å². The zero-order valence-corrected chi connectivity index (χ0v) is 20.5. The smallest absolute Gasteiger partial charge is 0.279 e. The number of rotatable bonds is 9. The second kappa shape index (κ2) is 10.5. The highest BCUT2D eigenvalue weighted by atomic mass is 32.2. The Morgan fingerprint density at radius 3 is 2.56 bits per heavy atom. The van der Waals surface area contributed by atoms with Crippen LogP contribution in [0.15, 0.2) is 52.4 Å². The second-order valence-electron chi connectivity index (χ2n) is 7.57. The third kappa shape index (κ3) is 5.17. The van der Waals surface area contributed by atoms with Gasteiger partial charge in [0.2, 0.25) is 10.0 Å². The van der Waals surface area contributed by atoms with Crippen molar-refractivity contribution in [3.63, 3.8) is 0 Å². The van der Waals surface area contributed by atoms with Crippen LogP contribution in [0.5, 0.6) is 0 Å². The highest BCUT2D eigenvalue weighted by Gasteiger charge is 2.20. The number of thiazole rings is 1. The van der Waals surface area contributed by atoms with Crippen LogP contribution in [0.2, 0.25) is 0 Å². The summed E-state index contributed by atoms with van der Waals surface area (Å²) in [7, 11) is -0.367. The number of carbonyl (C=O) groups excluding carboxylic acids is 1. The summed E-state index contributed by atoms with van der Waals surface area (Å²) < 4.78 is 35.0. The average Bonchev–Trinajstić information content (AvgIpc) is 3.14. The molecule has 2 aromatic carbocycles. The van der Waals surface area contributed by atoms with Gasteiger partial charge in [-0.05, 0) is 49.2 Å². The first-order chi connectivity index (χ1) is 15.3. The molecule has 1 aromatic heterocycles. The van der Waals surface area contributed by atoms with Gasteiger partial charge in [0.25, 0.3) is 5.91 Å². The fraction of sp³-hybridized carbons (Fsp3) is 0.391. The lowest BCUT2D eigenvalue weighted by Crippen LogP contribution is -2.27. The largest absolute Gasteiger partial charge is 0.383 e. The number of carbonyl (C=O) groups is 1. The number of para-hydroxylation sites is 1. The lowest BCUT2D eigenvalue weighted by atomic mass is 10.2. The van der Waals surface area contributed by atoms with Crippen molar-refractivity contribution < 1.29 is 17.9 Å². The van der Waals surface area contributed by atoms with E-state index in [1.54, 1.807) is 14.2 Å². The molecule has 1 amide bonds. The van der Waals surface area contributed by atoms with Crippen LogP contribution in [0.1, 0.15) is 35.7 Å². The first kappa shape index (κ1) is 24.3. The van der Waals surface area contributed by atoms with Crippen LogP contribution in [-0.2, 0) is 21.3 Å². The van der Waals surface area contributed by atoms with Gasteiger partial charge in [-0.25, -0.2) is 12.7 Å². The first-order valence-electron chi connectivity index (χ1n) is 10.5. The summed E-state index contributed by atoms with van der Waals surface area (Å²) in [5.41, 5.74) is 2.48. The number of benzene rings is 2. The number of aromatic nitrogens is 1. The van der Waals surface area contributed by atoms with Gasteiger partial charge in [-0.1, -0.05) is 36.8 Å². The fourth-order valence-electron chi connectivity index (χ4n) is 3.38. The van der Waals surface area contributed by atoms with Gasteiger partial charge in [-0.2, -0.15) is 4.99 Å². The van der Waals surface area contributed by atoms with Crippen molar-refractivity contribution >= 4 is 37.5 Å². The van der Waals surface area contributed by atoms with E-state index >= 15 is 0 Å². The Hall–Kier alpha value is -2.33. The normalized spacial score (nSPS) is 12.7. The molecule has 0 saturated carbocycles. The van der Waals surface area contributed by atoms with E-state index < -0.39 is 15.9 Å². The number of sulfonamides is 1. The first-order valence-corrected chi connectivity index (χ1v) is 12.8. The van der Waals surface area contributed by atoms with Crippen molar-refractivity contribution in [3.05, 3.63) is 58.4 Å². The minimum atomic E-state index is -3.58. The van der Waals surface area contributed by atoms with Crippen molar-refractivity contribution in [2.24, 2.45) is 4.99 Å². The van der Waals surface area contributed by atoms with Crippen LogP contribution in [0.4, 0.5) is 0 Å². The summed E-state index contributed by atoms with van der Waals surface area (Å²) in [6.07, 6.45) is 1.71. The molecule has 3 aromatic rings. The molecule has 9 heteroatoms. The van der Waals surface area contributed by atoms with Gasteiger partial charge in [-0.15, -0.1) is 0 Å². The molecule has 0 N–H and O–H groups in total. The monoisotopic (exact) mass is 475 g/mol. The van der Waals surface area contributed by atoms with Gasteiger partial charge in [0, 0.05) is 32.8 Å². The molecule has 0 aliphatic heterocycles. The summed E-state index contributed by atoms with van der Waals surface area (Å²) in [4.78, 5) is 18.0. The molecule has 3 rings (SSSR count). The Labute approximate surface area is 193 Å². The molecular weight excluding hydrogens is 446 g/mol. The summed E-state index contributed by atoms with van der Waals surface area (Å²) in [6, 6.07) is 12.0. The number of amides is 1. The highest BCUT2D eigenvalue weighted by molar-refractivity contribution is 7.89. The van der Waals surface area contributed by atoms with Crippen LogP contribution in [0.25, 0.3) is 10.2 Å². The van der Waals surface area contributed by atoms with Crippen LogP contribution in [0.3, 0.4) is 0 Å². The van der Waals surface area contributed by atoms with E-state index in [0.29, 0.717) is 30.1 Å². The average molecular weight is 476 g/mol. The van der Waals surface area contributed by atoms with Gasteiger partial charge in [0.1, 0.15) is 0 Å². The number of ether oxygens (including phenoxy) is 1. The van der Waals surface area contributed by atoms with Crippen molar-refractivity contribution in [2.45, 2.75) is 38.1 Å². The Balaban J connectivity index is 1.93. The maximum absolute atomic E-state index is 12.9. The highest BCUT2D eigenvalue weighted by Crippen LogP contribution is 2.21. The van der Waals surface area contributed by atoms with E-state index in [0.717, 1.165) is 28.6 Å². The number of unbranched alkanes of at least 4 members (excludes halogenated alkanes) is 1. The zero-order chi connectivity index (χ0) is 23.3. The number of nitrogens with zero attached hydrogens (tertiary/aromatic N) is 3. The molecule has 0 aliphatic rings. The predicted octanol–water partition coefficient (Wildman–Crippen LogP) is 3.82. The van der Waals surface area contributed by atoms with Gasteiger partial charge >= 0.3 is 0 Å². The van der Waals surface area contributed by atoms with E-state index in [9.17, 15) is 13.2 Å². The number of aryl methyl sites for hydroxylation is 1. The molecule has 1 heterocycles. The van der Waals surface area contributed by atoms with Crippen LogP contribution < -0.4 is 4.80 Å². The Kier molecular flexibility index (Phi) is 8.00. The summed E-state index contributed by atoms with van der Waals surface area (Å²) in [5.74, 6) is -0.413. The fourth-order valence-corrected chi connectivity index (χ4v) is 5.73. The molecule has 0 atom stereocenters. The molecule has 0 unspecified atom stereocenters. The minimum absolute atomic E-state index is 0.167. The molecule has 0 aliphatic carbocycles. The maximum atomic E-state index is 12.9. The molecule has 0 saturated heterocycles. The summed E-state index contributed by atoms with van der Waals surface area (Å²) in [6.45, 7) is 5.58. The number of methoxy groups -OCH3 is 1. The van der Waals surface area contributed by atoms with Gasteiger partial charge in [-0.3, -0.25) is 4.79 Å². The van der Waals surface area contributed by atoms with Gasteiger partial charge in [0.15, 0.2) is 4.80 Å². The maximum Gasteiger partial charge on any atom is 0.279 e. The molecular formula is C23H29N3O4S2. The van der Waals surface area contributed by atoms with Crippen molar-refractivity contribution in [1.82, 2.24) is 8.87 Å². The van der Waals surface area contributed by atoms with E-state index in [-0.39, 0.29) is 4.90 Å². The van der Waals surface area contributed by atoms with Crippen LogP contribution in [0, 0.1) is 6.92 Å². The molecule has 0 bridgehead atoms. The number of hydrogen-bond donors (Lipinski definition) is 0. The molecule has 7 nitrogen and oxygen atoms in total. The van der Waals surface area contributed by atoms with E-state index in [1.807, 2.05) is 36.6 Å². The van der Waals surface area contributed by atoms with Crippen molar-refractivity contribution in [1.29, 1.82) is 0 Å². The SMILES string of the molecule is CCCCN(C)S(=O)(=O)c1ccc(C(=O)N=c2sc3cccc(C)c3n2CCOC)cc1. The number of hydrogen-bond acceptors (Lipinski definition) is 5. The third-order valence-corrected chi connectivity index (χ3v) is 8.17. The Morgan fingerprint density at radius 2 is 1.91 bits per heavy atom. The van der Waals surface area contributed by atoms with E-state index in [4.69, 9.17) is 4.74 Å². The van der Waals surface area contributed by atoms with Crippen molar-refractivity contribution in [2.75, 3.05) is 27.3 Å². The standard InChI is InChI=1S/C23H29N3O4S2/c1-5-6-14-25(3)32(28,29)19-12-10-18(11-13-19)22(27)24-23-26(15-16-30-4)21-17(2)8-7-9-20(21)31-23/h7-13H,5-6,14-16H2,1-4H3. The second-order valence-corrected chi connectivity index (χ2v) is 10.6. The molecule has 172 valence electrons. The van der Waals surface area contributed by atoms with E-state index in [2.05, 4.69) is 4.99 Å². The third-order valence-electron chi connectivity index (χ3n) is 5.26. The zero-order valence-electron chi connectivity index (χ0n) is 18.9. The molecule has 0 fully saturated rings. The summed E-state index contributed by atoms with van der Waals surface area (Å²) in [5, 5.41) is 0. The predicted molar refractivity (Wildman–Crippen MR) is 127 cm³/mol. The molecule has 0 spiro atoms. The number of fused-ring (bicyclic) bond motifs is 1. The Morgan fingerprint density at radius 1 is 1.19 bits per heavy atom. The van der Waals surface area contributed by atoms with Gasteiger partial charge < -0.3 is 9.30 Å². The molecule has 0 radical (unpaired) electrons. The molecule has 32 heavy (non-hydrogen) atoms. The van der Waals surface area contributed by atoms with Crippen molar-refractivity contribution in [3.8, 4) is 0 Å². The lowest BCUT2D eigenvalue weighted by Gasteiger charge is -2.16. The summed E-state index contributed by atoms with van der Waals surface area (Å²) >= 11 is 1.45. The minimum Gasteiger partial charge on any atom is -0.383 e. The lowest BCUT2D eigenvalue weighted by molar-refractivity contribution is 0.0997. The quantitative estimate of drug-likeness (QED) is 0.471. The van der Waals surface area contributed by atoms with Crippen LogP contribution >= 0.6 is 11.3 Å². The van der Waals surface area contributed by atoms with Crippen LogP contribution in [-0.4, -0.2) is 50.5 Å².